The Kier molecular flexibility index (Phi) is 4.59. The zero-order chi connectivity index (χ0) is 20.0. The first-order chi connectivity index (χ1) is 14.1. The predicted octanol–water partition coefficient (Wildman–Crippen LogP) is 2.31. The predicted molar refractivity (Wildman–Crippen MR) is 108 cm³/mol. The molecule has 1 aliphatic carbocycles. The number of fused-ring (bicyclic) bond motifs is 4. The summed E-state index contributed by atoms with van der Waals surface area (Å²) in [4.78, 5) is 28.6. The molecule has 7 heteroatoms. The molecule has 3 heterocycles. The molecule has 0 radical (unpaired) electrons. The molecule has 1 aromatic carbocycles. The second-order valence-electron chi connectivity index (χ2n) is 8.54. The van der Waals surface area contributed by atoms with E-state index in [1.165, 1.54) is 5.56 Å². The van der Waals surface area contributed by atoms with Gasteiger partial charge in [-0.25, -0.2) is 4.79 Å². The summed E-state index contributed by atoms with van der Waals surface area (Å²) in [6.07, 6.45) is 4.65. The van der Waals surface area contributed by atoms with Crippen LogP contribution in [0.1, 0.15) is 49.4 Å². The molecular weight excluding hydrogens is 370 g/mol. The number of methoxy groups -OCH3 is 1. The van der Waals surface area contributed by atoms with Crippen LogP contribution in [0.5, 0.6) is 5.75 Å². The maximum absolute atomic E-state index is 12.9. The fraction of sp³-hybridized carbons (Fsp3) is 0.545. The number of piperidine rings is 1. The van der Waals surface area contributed by atoms with Crippen LogP contribution >= 0.6 is 0 Å². The molecule has 3 N–H and O–H groups in total. The monoisotopic (exact) mass is 397 g/mol. The third kappa shape index (κ3) is 3.04. The number of ether oxygens (including phenoxy) is 2. The number of benzene rings is 1. The summed E-state index contributed by atoms with van der Waals surface area (Å²) in [7, 11) is 1.64. The molecule has 2 fully saturated rings. The van der Waals surface area contributed by atoms with Gasteiger partial charge in [-0.15, -0.1) is 0 Å². The van der Waals surface area contributed by atoms with E-state index in [1.54, 1.807) is 7.11 Å². The van der Waals surface area contributed by atoms with Crippen LogP contribution in [0.2, 0.25) is 0 Å². The van der Waals surface area contributed by atoms with E-state index >= 15 is 0 Å². The summed E-state index contributed by atoms with van der Waals surface area (Å²) in [5.74, 6) is -0.248. The Hall–Kier alpha value is -2.38. The van der Waals surface area contributed by atoms with Crippen LogP contribution in [0.4, 0.5) is 0 Å². The van der Waals surface area contributed by atoms with E-state index < -0.39 is 12.0 Å². The lowest BCUT2D eigenvalue weighted by Gasteiger charge is -2.43. The Balaban J connectivity index is 1.55. The molecule has 2 aliphatic heterocycles. The molecule has 5 rings (SSSR count). The molecule has 2 aromatic rings. The number of carbonyl (C=O) groups excluding carboxylic acids is 2. The normalized spacial score (nSPS) is 23.4. The standard InChI is InChI=1S/C22H27N3O4/c1-28-14-5-6-15-16(11-14)25-18-17(15)22(7-9-23-10-8-22)12-24-19(18)21(27)29-20(26)13-3-2-4-13/h5-6,11,13,19,23-25H,2-4,7-10,12H2,1H3. The Bertz CT molecular complexity index is 956. The largest absolute Gasteiger partial charge is 0.497 e. The molecule has 1 spiro atoms. The van der Waals surface area contributed by atoms with Gasteiger partial charge in [0.15, 0.2) is 0 Å². The van der Waals surface area contributed by atoms with E-state index in [-0.39, 0.29) is 17.3 Å². The number of hydrogen-bond donors (Lipinski definition) is 3. The highest BCUT2D eigenvalue weighted by atomic mass is 16.6. The van der Waals surface area contributed by atoms with Crippen molar-refractivity contribution >= 4 is 22.8 Å². The molecule has 1 unspecified atom stereocenters. The minimum atomic E-state index is -0.659. The van der Waals surface area contributed by atoms with E-state index in [1.807, 2.05) is 12.1 Å². The minimum Gasteiger partial charge on any atom is -0.497 e. The average Bonchev–Trinajstić information content (AvgIpc) is 3.07. The lowest BCUT2D eigenvalue weighted by atomic mass is 9.69. The highest BCUT2D eigenvalue weighted by Gasteiger charge is 2.46. The van der Waals surface area contributed by atoms with Crippen LogP contribution < -0.4 is 15.4 Å². The van der Waals surface area contributed by atoms with Gasteiger partial charge in [0.25, 0.3) is 0 Å². The van der Waals surface area contributed by atoms with Crippen molar-refractivity contribution in [2.24, 2.45) is 5.92 Å². The number of carbonyl (C=O) groups is 2. The van der Waals surface area contributed by atoms with Gasteiger partial charge in [0, 0.05) is 34.6 Å². The molecule has 3 aliphatic rings. The van der Waals surface area contributed by atoms with E-state index in [0.717, 1.165) is 67.5 Å². The lowest BCUT2D eigenvalue weighted by molar-refractivity contribution is -0.166. The van der Waals surface area contributed by atoms with Crippen LogP contribution in [-0.2, 0) is 19.7 Å². The van der Waals surface area contributed by atoms with E-state index in [4.69, 9.17) is 9.47 Å². The van der Waals surface area contributed by atoms with Crippen molar-refractivity contribution in [3.63, 3.8) is 0 Å². The number of esters is 2. The topological polar surface area (TPSA) is 92.5 Å². The van der Waals surface area contributed by atoms with Crippen molar-refractivity contribution in [2.45, 2.75) is 43.6 Å². The average molecular weight is 397 g/mol. The second kappa shape index (κ2) is 7.15. The van der Waals surface area contributed by atoms with Crippen molar-refractivity contribution in [1.82, 2.24) is 15.6 Å². The third-order valence-electron chi connectivity index (χ3n) is 6.93. The molecule has 1 aromatic heterocycles. The third-order valence-corrected chi connectivity index (χ3v) is 6.93. The molecule has 29 heavy (non-hydrogen) atoms. The number of rotatable bonds is 3. The number of hydrogen-bond acceptors (Lipinski definition) is 6. The Labute approximate surface area is 169 Å². The second-order valence-corrected chi connectivity index (χ2v) is 8.54. The molecule has 1 saturated heterocycles. The van der Waals surface area contributed by atoms with Gasteiger partial charge >= 0.3 is 11.9 Å². The quantitative estimate of drug-likeness (QED) is 0.544. The summed E-state index contributed by atoms with van der Waals surface area (Å²) in [5, 5.41) is 7.94. The van der Waals surface area contributed by atoms with Crippen LogP contribution in [0.25, 0.3) is 10.9 Å². The van der Waals surface area contributed by atoms with Gasteiger partial charge < -0.3 is 19.8 Å². The van der Waals surface area contributed by atoms with Gasteiger partial charge in [-0.3, -0.25) is 10.1 Å². The summed E-state index contributed by atoms with van der Waals surface area (Å²) in [6.45, 7) is 2.58. The number of aromatic amines is 1. The van der Waals surface area contributed by atoms with E-state index in [0.29, 0.717) is 6.54 Å². The highest BCUT2D eigenvalue weighted by Crippen LogP contribution is 2.45. The molecule has 0 bridgehead atoms. The van der Waals surface area contributed by atoms with Crippen LogP contribution in [0, 0.1) is 5.92 Å². The molecule has 0 amide bonds. The van der Waals surface area contributed by atoms with Gasteiger partial charge in [-0.05, 0) is 56.5 Å². The fourth-order valence-electron chi connectivity index (χ4n) is 5.02. The highest BCUT2D eigenvalue weighted by molar-refractivity contribution is 5.94. The number of nitrogens with one attached hydrogen (secondary N) is 3. The maximum Gasteiger partial charge on any atom is 0.336 e. The Morgan fingerprint density at radius 2 is 1.93 bits per heavy atom. The van der Waals surface area contributed by atoms with Gasteiger partial charge in [0.1, 0.15) is 11.8 Å². The molecular formula is C22H27N3O4. The fourth-order valence-corrected chi connectivity index (χ4v) is 5.02. The lowest BCUT2D eigenvalue weighted by Crippen LogP contribution is -2.52. The minimum absolute atomic E-state index is 0.0395. The van der Waals surface area contributed by atoms with Crippen molar-refractivity contribution in [2.75, 3.05) is 26.7 Å². The summed E-state index contributed by atoms with van der Waals surface area (Å²) in [6, 6.07) is 5.33. The zero-order valence-corrected chi connectivity index (χ0v) is 16.7. The van der Waals surface area contributed by atoms with Crippen molar-refractivity contribution in [1.29, 1.82) is 0 Å². The first-order valence-electron chi connectivity index (χ1n) is 10.5. The molecule has 1 atom stereocenters. The van der Waals surface area contributed by atoms with Gasteiger partial charge in [0.05, 0.1) is 13.0 Å². The summed E-state index contributed by atoms with van der Waals surface area (Å²) >= 11 is 0. The molecule has 7 nitrogen and oxygen atoms in total. The smallest absolute Gasteiger partial charge is 0.336 e. The van der Waals surface area contributed by atoms with Crippen molar-refractivity contribution < 1.29 is 19.1 Å². The number of H-pyrrole nitrogens is 1. The van der Waals surface area contributed by atoms with Gasteiger partial charge in [-0.1, -0.05) is 6.42 Å². The van der Waals surface area contributed by atoms with Crippen LogP contribution in [0.3, 0.4) is 0 Å². The first-order valence-corrected chi connectivity index (χ1v) is 10.5. The van der Waals surface area contributed by atoms with Crippen molar-refractivity contribution in [3.8, 4) is 5.75 Å². The van der Waals surface area contributed by atoms with E-state index in [9.17, 15) is 9.59 Å². The molecule has 1 saturated carbocycles. The zero-order valence-electron chi connectivity index (χ0n) is 16.7. The van der Waals surface area contributed by atoms with Crippen LogP contribution in [0.15, 0.2) is 18.2 Å². The molecule has 154 valence electrons. The number of aromatic nitrogens is 1. The van der Waals surface area contributed by atoms with Gasteiger partial charge in [-0.2, -0.15) is 0 Å². The summed E-state index contributed by atoms with van der Waals surface area (Å²) in [5.41, 5.74) is 2.92. The van der Waals surface area contributed by atoms with Gasteiger partial charge in [0.2, 0.25) is 0 Å². The SMILES string of the molecule is COc1ccc2c3c([nH]c2c1)C(C(=O)OC(=O)C1CCC1)NCC31CCNCC1. The van der Waals surface area contributed by atoms with Crippen molar-refractivity contribution in [3.05, 3.63) is 29.5 Å². The Morgan fingerprint density at radius 1 is 1.14 bits per heavy atom. The van der Waals surface area contributed by atoms with E-state index in [2.05, 4.69) is 21.7 Å². The Morgan fingerprint density at radius 3 is 2.62 bits per heavy atom. The summed E-state index contributed by atoms with van der Waals surface area (Å²) < 4.78 is 10.7. The first kappa shape index (κ1) is 18.6. The van der Waals surface area contributed by atoms with Crippen LogP contribution in [-0.4, -0.2) is 43.7 Å². The maximum atomic E-state index is 12.9.